The van der Waals surface area contributed by atoms with E-state index in [9.17, 15) is 19.5 Å². The summed E-state index contributed by atoms with van der Waals surface area (Å²) in [5.41, 5.74) is 0.324. The van der Waals surface area contributed by atoms with Gasteiger partial charge in [0.1, 0.15) is 5.00 Å². The highest BCUT2D eigenvalue weighted by atomic mass is 32.1. The molecule has 7 nitrogen and oxygen atoms in total. The van der Waals surface area contributed by atoms with Gasteiger partial charge in [-0.2, -0.15) is 0 Å². The molecule has 4 atom stereocenters. The molecule has 1 amide bonds. The van der Waals surface area contributed by atoms with Crippen LogP contribution in [0.4, 0.5) is 5.00 Å². The van der Waals surface area contributed by atoms with Gasteiger partial charge >= 0.3 is 11.9 Å². The molecule has 0 radical (unpaired) electrons. The number of fused-ring (bicyclic) bond motifs is 2. The molecule has 0 aliphatic carbocycles. The molecule has 2 fully saturated rings. The van der Waals surface area contributed by atoms with Crippen molar-refractivity contribution in [1.82, 2.24) is 0 Å². The fourth-order valence-corrected chi connectivity index (χ4v) is 4.93. The summed E-state index contributed by atoms with van der Waals surface area (Å²) in [6, 6.07) is 1.74. The summed E-state index contributed by atoms with van der Waals surface area (Å²) in [5.74, 6) is -3.48. The number of rotatable bonds is 7. The lowest BCUT2D eigenvalue weighted by molar-refractivity contribution is -0.147. The normalized spacial score (nSPS) is 26.7. The molecular formula is C18H23NO6S. The fourth-order valence-electron chi connectivity index (χ4n) is 3.78. The van der Waals surface area contributed by atoms with Crippen LogP contribution >= 0.6 is 11.3 Å². The second kappa shape index (κ2) is 7.75. The van der Waals surface area contributed by atoms with Gasteiger partial charge < -0.3 is 19.9 Å². The average Bonchev–Trinajstić information content (AvgIpc) is 3.29. The molecule has 2 bridgehead atoms. The van der Waals surface area contributed by atoms with Crippen LogP contribution in [0, 0.1) is 11.8 Å². The molecule has 2 N–H and O–H groups in total. The van der Waals surface area contributed by atoms with E-state index in [2.05, 4.69) is 5.32 Å². The Bertz CT molecular complexity index is 715. The molecule has 3 heterocycles. The molecule has 1 aromatic rings. The second-order valence-electron chi connectivity index (χ2n) is 6.60. The molecule has 4 unspecified atom stereocenters. The highest BCUT2D eigenvalue weighted by molar-refractivity contribution is 7.16. The minimum absolute atomic E-state index is 0.243. The molecular weight excluding hydrogens is 358 g/mol. The maximum absolute atomic E-state index is 12.8. The quantitative estimate of drug-likeness (QED) is 0.704. The van der Waals surface area contributed by atoms with Crippen LogP contribution in [0.1, 0.15) is 48.3 Å². The van der Waals surface area contributed by atoms with Crippen molar-refractivity contribution in [3.05, 3.63) is 16.5 Å². The van der Waals surface area contributed by atoms with Crippen LogP contribution in [0.25, 0.3) is 0 Å². The third-order valence-corrected chi connectivity index (χ3v) is 5.98. The summed E-state index contributed by atoms with van der Waals surface area (Å²) in [7, 11) is 0. The number of aliphatic carboxylic acids is 1. The topological polar surface area (TPSA) is 102 Å². The Morgan fingerprint density at radius 1 is 1.27 bits per heavy atom. The van der Waals surface area contributed by atoms with E-state index < -0.39 is 35.8 Å². The Balaban J connectivity index is 1.82. The number of hydrogen-bond donors (Lipinski definition) is 2. The minimum Gasteiger partial charge on any atom is -0.481 e. The third-order valence-electron chi connectivity index (χ3n) is 4.87. The molecule has 0 saturated carbocycles. The van der Waals surface area contributed by atoms with Crippen molar-refractivity contribution >= 4 is 34.2 Å². The molecule has 3 rings (SSSR count). The van der Waals surface area contributed by atoms with Crippen LogP contribution in [-0.2, 0) is 25.5 Å². The highest BCUT2D eigenvalue weighted by Gasteiger charge is 2.55. The SMILES string of the molecule is CCCc1cc(C(=O)OCC)c(NC(=O)C2C3CCC(O3)C2C(=O)O)s1. The van der Waals surface area contributed by atoms with Gasteiger partial charge in [0.15, 0.2) is 0 Å². The lowest BCUT2D eigenvalue weighted by atomic mass is 9.79. The maximum atomic E-state index is 12.8. The van der Waals surface area contributed by atoms with E-state index in [0.29, 0.717) is 23.4 Å². The van der Waals surface area contributed by atoms with Gasteiger partial charge in [0.05, 0.1) is 36.2 Å². The predicted molar refractivity (Wildman–Crippen MR) is 95.4 cm³/mol. The number of anilines is 1. The number of aryl methyl sites for hydroxylation is 1. The predicted octanol–water partition coefficient (Wildman–Crippen LogP) is 2.69. The molecule has 2 aliphatic rings. The first-order valence-corrected chi connectivity index (χ1v) is 9.76. The lowest BCUT2D eigenvalue weighted by Crippen LogP contribution is -2.41. The molecule has 142 valence electrons. The van der Waals surface area contributed by atoms with Gasteiger partial charge in [-0.05, 0) is 32.3 Å². The van der Waals surface area contributed by atoms with Crippen molar-refractivity contribution in [2.24, 2.45) is 11.8 Å². The summed E-state index contributed by atoms with van der Waals surface area (Å²) in [4.78, 5) is 37.6. The number of carboxylic acid groups (broad SMARTS) is 1. The third kappa shape index (κ3) is 3.48. The Morgan fingerprint density at radius 2 is 1.96 bits per heavy atom. The zero-order chi connectivity index (χ0) is 18.8. The number of esters is 1. The van der Waals surface area contributed by atoms with Gasteiger partial charge in [0, 0.05) is 4.88 Å². The van der Waals surface area contributed by atoms with E-state index in [0.717, 1.165) is 17.7 Å². The number of carboxylic acids is 1. The first-order chi connectivity index (χ1) is 12.5. The zero-order valence-electron chi connectivity index (χ0n) is 14.8. The van der Waals surface area contributed by atoms with Crippen LogP contribution in [0.5, 0.6) is 0 Å². The largest absolute Gasteiger partial charge is 0.481 e. The monoisotopic (exact) mass is 381 g/mol. The number of carbonyl (C=O) groups excluding carboxylic acids is 2. The number of ether oxygens (including phenoxy) is 2. The van der Waals surface area contributed by atoms with Crippen LogP contribution in [0.3, 0.4) is 0 Å². The van der Waals surface area contributed by atoms with E-state index >= 15 is 0 Å². The fraction of sp³-hybridized carbons (Fsp3) is 0.611. The Morgan fingerprint density at radius 3 is 2.58 bits per heavy atom. The van der Waals surface area contributed by atoms with Crippen molar-refractivity contribution in [3.63, 3.8) is 0 Å². The second-order valence-corrected chi connectivity index (χ2v) is 7.73. The van der Waals surface area contributed by atoms with Crippen LogP contribution < -0.4 is 5.32 Å². The van der Waals surface area contributed by atoms with Crippen LogP contribution in [-0.4, -0.2) is 41.8 Å². The van der Waals surface area contributed by atoms with Gasteiger partial charge in [-0.1, -0.05) is 13.3 Å². The summed E-state index contributed by atoms with van der Waals surface area (Å²) >= 11 is 1.33. The molecule has 2 saturated heterocycles. The van der Waals surface area contributed by atoms with Gasteiger partial charge in [-0.3, -0.25) is 9.59 Å². The van der Waals surface area contributed by atoms with E-state index in [1.165, 1.54) is 11.3 Å². The molecule has 8 heteroatoms. The Labute approximate surface area is 155 Å². The number of amides is 1. The number of nitrogens with one attached hydrogen (secondary N) is 1. The summed E-state index contributed by atoms with van der Waals surface area (Å²) < 4.78 is 10.7. The number of thiophene rings is 1. The lowest BCUT2D eigenvalue weighted by Gasteiger charge is -2.23. The Hall–Kier alpha value is -1.93. The highest BCUT2D eigenvalue weighted by Crippen LogP contribution is 2.44. The van der Waals surface area contributed by atoms with Gasteiger partial charge in [0.25, 0.3) is 0 Å². The molecule has 2 aliphatic heterocycles. The van der Waals surface area contributed by atoms with E-state index in [1.54, 1.807) is 13.0 Å². The van der Waals surface area contributed by atoms with Gasteiger partial charge in [-0.15, -0.1) is 11.3 Å². The van der Waals surface area contributed by atoms with Crippen LogP contribution in [0.15, 0.2) is 6.07 Å². The number of hydrogen-bond acceptors (Lipinski definition) is 6. The van der Waals surface area contributed by atoms with Crippen LogP contribution in [0.2, 0.25) is 0 Å². The van der Waals surface area contributed by atoms with E-state index in [4.69, 9.17) is 9.47 Å². The minimum atomic E-state index is -1.01. The summed E-state index contributed by atoms with van der Waals surface area (Å²) in [6.45, 7) is 4.00. The zero-order valence-corrected chi connectivity index (χ0v) is 15.6. The molecule has 1 aromatic heterocycles. The van der Waals surface area contributed by atoms with Crippen molar-refractivity contribution in [2.75, 3.05) is 11.9 Å². The van der Waals surface area contributed by atoms with Crippen molar-refractivity contribution in [2.45, 2.75) is 51.7 Å². The molecule has 0 aromatic carbocycles. The van der Waals surface area contributed by atoms with Crippen molar-refractivity contribution in [1.29, 1.82) is 0 Å². The first-order valence-electron chi connectivity index (χ1n) is 8.95. The maximum Gasteiger partial charge on any atom is 0.341 e. The molecule has 26 heavy (non-hydrogen) atoms. The summed E-state index contributed by atoms with van der Waals surface area (Å²) in [6.07, 6.45) is 2.28. The Kier molecular flexibility index (Phi) is 5.62. The summed E-state index contributed by atoms with van der Waals surface area (Å²) in [5, 5.41) is 12.7. The molecule has 0 spiro atoms. The average molecular weight is 381 g/mol. The number of carbonyl (C=O) groups is 3. The van der Waals surface area contributed by atoms with Gasteiger partial charge in [0.2, 0.25) is 5.91 Å². The first kappa shape index (κ1) is 18.8. The van der Waals surface area contributed by atoms with Gasteiger partial charge in [-0.25, -0.2) is 4.79 Å². The van der Waals surface area contributed by atoms with E-state index in [-0.39, 0.29) is 12.7 Å². The standard InChI is InChI=1S/C18H23NO6S/c1-3-5-9-8-10(18(23)24-4-2)16(26-9)19-15(20)13-11-6-7-12(25-11)14(13)17(21)22/h8,11-14H,3-7H2,1-2H3,(H,19,20)(H,21,22). The smallest absolute Gasteiger partial charge is 0.341 e. The van der Waals surface area contributed by atoms with E-state index in [1.807, 2.05) is 6.92 Å². The van der Waals surface area contributed by atoms with Crippen molar-refractivity contribution in [3.8, 4) is 0 Å². The van der Waals surface area contributed by atoms with Crippen molar-refractivity contribution < 1.29 is 29.0 Å².